The number of nitrogens with one attached hydrogen (secondary N) is 2. The van der Waals surface area contributed by atoms with Crippen molar-refractivity contribution in [2.24, 2.45) is 0 Å². The number of Topliss-reactive ketones (excluding diaryl/α,β-unsaturated/α-hetero) is 1. The number of amides is 1. The summed E-state index contributed by atoms with van der Waals surface area (Å²) in [7, 11) is 0. The van der Waals surface area contributed by atoms with Crippen LogP contribution in [0.15, 0.2) is 53.4 Å². The number of benzene rings is 1. The lowest BCUT2D eigenvalue weighted by molar-refractivity contribution is -0.145. The maximum Gasteiger partial charge on any atom is 0.347 e. The Balaban J connectivity index is 1.48. The molecular weight excluding hydrogens is 360 g/mol. The number of anilines is 1. The fraction of sp³-hybridized carbons (Fsp3) is 0.381. The topological polar surface area (TPSA) is 93.7 Å². The minimum absolute atomic E-state index is 0.0471. The molecule has 2 N–H and O–H groups in total. The van der Waals surface area contributed by atoms with Gasteiger partial charge in [0.25, 0.3) is 5.91 Å². The van der Waals surface area contributed by atoms with Gasteiger partial charge in [-0.1, -0.05) is 29.8 Å². The van der Waals surface area contributed by atoms with Gasteiger partial charge in [0, 0.05) is 12.2 Å². The zero-order chi connectivity index (χ0) is 19.8. The summed E-state index contributed by atoms with van der Waals surface area (Å²) in [6, 6.07) is 9.02. The summed E-state index contributed by atoms with van der Waals surface area (Å²) in [5.74, 6) is -1.70. The van der Waals surface area contributed by atoms with E-state index in [1.165, 1.54) is 18.4 Å². The van der Waals surface area contributed by atoms with Gasteiger partial charge >= 0.3 is 5.97 Å². The SMILES string of the molecule is O=C(COC(=O)C1=C(Nc2ccccc2)OCC1=O)NCCC1=CCCCC1. The Morgan fingerprint density at radius 1 is 1.14 bits per heavy atom. The minimum Gasteiger partial charge on any atom is -0.470 e. The normalized spacial score (nSPS) is 16.3. The summed E-state index contributed by atoms with van der Waals surface area (Å²) < 4.78 is 10.3. The molecule has 0 unspecified atom stereocenters. The lowest BCUT2D eigenvalue weighted by Gasteiger charge is -2.13. The predicted octanol–water partition coefficient (Wildman–Crippen LogP) is 2.46. The van der Waals surface area contributed by atoms with Gasteiger partial charge in [0.2, 0.25) is 11.7 Å². The highest BCUT2D eigenvalue weighted by molar-refractivity contribution is 6.20. The first-order valence-corrected chi connectivity index (χ1v) is 9.47. The van der Waals surface area contributed by atoms with E-state index < -0.39 is 24.3 Å². The van der Waals surface area contributed by atoms with Crippen molar-refractivity contribution in [3.05, 3.63) is 53.4 Å². The van der Waals surface area contributed by atoms with Crippen molar-refractivity contribution in [3.63, 3.8) is 0 Å². The molecule has 0 bridgehead atoms. The molecule has 0 saturated carbocycles. The molecule has 1 aliphatic heterocycles. The van der Waals surface area contributed by atoms with E-state index in [-0.39, 0.29) is 18.1 Å². The molecular formula is C21H24N2O5. The van der Waals surface area contributed by atoms with E-state index in [4.69, 9.17) is 9.47 Å². The van der Waals surface area contributed by atoms with Gasteiger partial charge in [-0.3, -0.25) is 9.59 Å². The first kappa shape index (κ1) is 19.7. The molecule has 3 rings (SSSR count). The van der Waals surface area contributed by atoms with Crippen molar-refractivity contribution in [1.29, 1.82) is 0 Å². The minimum atomic E-state index is -0.869. The van der Waals surface area contributed by atoms with Crippen LogP contribution in [0.3, 0.4) is 0 Å². The number of hydrogen-bond acceptors (Lipinski definition) is 6. The number of ketones is 1. The van der Waals surface area contributed by atoms with E-state index in [0.29, 0.717) is 12.2 Å². The average Bonchev–Trinajstić information content (AvgIpc) is 3.08. The second-order valence-corrected chi connectivity index (χ2v) is 6.69. The number of esters is 1. The van der Waals surface area contributed by atoms with E-state index in [9.17, 15) is 14.4 Å². The highest BCUT2D eigenvalue weighted by Crippen LogP contribution is 2.21. The highest BCUT2D eigenvalue weighted by Gasteiger charge is 2.32. The number of ether oxygens (including phenoxy) is 2. The fourth-order valence-electron chi connectivity index (χ4n) is 3.11. The molecule has 28 heavy (non-hydrogen) atoms. The van der Waals surface area contributed by atoms with Crippen LogP contribution in [-0.2, 0) is 23.9 Å². The number of carbonyl (C=O) groups excluding carboxylic acids is 3. The summed E-state index contributed by atoms with van der Waals surface area (Å²) in [6.07, 6.45) is 7.65. The Morgan fingerprint density at radius 2 is 1.96 bits per heavy atom. The summed E-state index contributed by atoms with van der Waals surface area (Å²) in [6.45, 7) is -0.165. The number of carbonyl (C=O) groups is 3. The van der Waals surface area contributed by atoms with Gasteiger partial charge in [0.15, 0.2) is 18.8 Å². The van der Waals surface area contributed by atoms with Crippen molar-refractivity contribution < 1.29 is 23.9 Å². The van der Waals surface area contributed by atoms with Crippen LogP contribution < -0.4 is 10.6 Å². The molecule has 2 aliphatic rings. The number of hydrogen-bond donors (Lipinski definition) is 2. The monoisotopic (exact) mass is 384 g/mol. The van der Waals surface area contributed by atoms with Crippen LogP contribution in [-0.4, -0.2) is 37.4 Å². The largest absolute Gasteiger partial charge is 0.470 e. The van der Waals surface area contributed by atoms with E-state index in [2.05, 4.69) is 16.7 Å². The second kappa shape index (κ2) is 9.73. The van der Waals surface area contributed by atoms with E-state index in [0.717, 1.165) is 19.3 Å². The van der Waals surface area contributed by atoms with E-state index in [1.54, 1.807) is 12.1 Å². The molecule has 7 nitrogen and oxygen atoms in total. The quantitative estimate of drug-likeness (QED) is 0.406. The van der Waals surface area contributed by atoms with Crippen molar-refractivity contribution in [3.8, 4) is 0 Å². The third-order valence-corrected chi connectivity index (χ3v) is 4.58. The van der Waals surface area contributed by atoms with Crippen molar-refractivity contribution >= 4 is 23.3 Å². The van der Waals surface area contributed by atoms with E-state index >= 15 is 0 Å². The summed E-state index contributed by atoms with van der Waals surface area (Å²) in [4.78, 5) is 36.2. The van der Waals surface area contributed by atoms with Crippen molar-refractivity contribution in [1.82, 2.24) is 5.32 Å². The number of allylic oxidation sites excluding steroid dienone is 1. The first-order valence-electron chi connectivity index (χ1n) is 9.47. The van der Waals surface area contributed by atoms with Gasteiger partial charge in [0.05, 0.1) is 0 Å². The third kappa shape index (κ3) is 5.45. The molecule has 0 aromatic heterocycles. The third-order valence-electron chi connectivity index (χ3n) is 4.58. The molecule has 0 atom stereocenters. The van der Waals surface area contributed by atoms with Gasteiger partial charge in [-0.2, -0.15) is 0 Å². The van der Waals surface area contributed by atoms with Crippen LogP contribution in [0.1, 0.15) is 32.1 Å². The lowest BCUT2D eigenvalue weighted by atomic mass is 9.97. The summed E-state index contributed by atoms with van der Waals surface area (Å²) >= 11 is 0. The summed E-state index contributed by atoms with van der Waals surface area (Å²) in [5.41, 5.74) is 1.83. The molecule has 1 aromatic carbocycles. The zero-order valence-electron chi connectivity index (χ0n) is 15.7. The number of rotatable bonds is 8. The Kier molecular flexibility index (Phi) is 6.84. The second-order valence-electron chi connectivity index (χ2n) is 6.69. The van der Waals surface area contributed by atoms with Crippen molar-refractivity contribution in [2.75, 3.05) is 25.1 Å². The molecule has 0 radical (unpaired) electrons. The summed E-state index contributed by atoms with van der Waals surface area (Å²) in [5, 5.41) is 5.62. The fourth-order valence-corrected chi connectivity index (χ4v) is 3.11. The molecule has 1 heterocycles. The molecule has 0 spiro atoms. The van der Waals surface area contributed by atoms with Crippen molar-refractivity contribution in [2.45, 2.75) is 32.1 Å². The first-order chi connectivity index (χ1) is 13.6. The Bertz CT molecular complexity index is 798. The standard InChI is InChI=1S/C21H24N2O5/c24-17-13-27-20(23-16-9-5-2-6-10-16)19(17)21(26)28-14-18(25)22-12-11-15-7-3-1-4-8-15/h2,5-7,9-10,23H,1,3-4,8,11-14H2,(H,22,25). The molecule has 1 aromatic rings. The smallest absolute Gasteiger partial charge is 0.347 e. The van der Waals surface area contributed by atoms with Crippen LogP contribution in [0.2, 0.25) is 0 Å². The Labute approximate surface area is 163 Å². The van der Waals surface area contributed by atoms with Gasteiger partial charge < -0.3 is 20.1 Å². The molecule has 0 fully saturated rings. The number of para-hydroxylation sites is 1. The van der Waals surface area contributed by atoms with Gasteiger partial charge in [-0.15, -0.1) is 0 Å². The van der Waals surface area contributed by atoms with Crippen LogP contribution in [0.4, 0.5) is 5.69 Å². The Hall–Kier alpha value is -3.09. The molecule has 7 heteroatoms. The zero-order valence-corrected chi connectivity index (χ0v) is 15.7. The maximum absolute atomic E-state index is 12.3. The molecule has 0 saturated heterocycles. The van der Waals surface area contributed by atoms with E-state index in [1.807, 2.05) is 18.2 Å². The van der Waals surface area contributed by atoms with Crippen LogP contribution in [0, 0.1) is 0 Å². The lowest BCUT2D eigenvalue weighted by Crippen LogP contribution is -2.30. The van der Waals surface area contributed by atoms with Crippen LogP contribution in [0.25, 0.3) is 0 Å². The predicted molar refractivity (Wildman–Crippen MR) is 103 cm³/mol. The van der Waals surface area contributed by atoms with Crippen LogP contribution >= 0.6 is 0 Å². The average molecular weight is 384 g/mol. The van der Waals surface area contributed by atoms with Gasteiger partial charge in [-0.25, -0.2) is 4.79 Å². The van der Waals surface area contributed by atoms with Gasteiger partial charge in [0.1, 0.15) is 0 Å². The molecule has 1 aliphatic carbocycles. The Morgan fingerprint density at radius 3 is 2.71 bits per heavy atom. The highest BCUT2D eigenvalue weighted by atomic mass is 16.5. The van der Waals surface area contributed by atoms with Crippen LogP contribution in [0.5, 0.6) is 0 Å². The molecule has 148 valence electrons. The molecule has 1 amide bonds. The van der Waals surface area contributed by atoms with Gasteiger partial charge in [-0.05, 0) is 44.2 Å². The maximum atomic E-state index is 12.3.